The fourth-order valence-corrected chi connectivity index (χ4v) is 2.70. The molecule has 2 amide bonds. The van der Waals surface area contributed by atoms with Gasteiger partial charge >= 0.3 is 6.09 Å². The van der Waals surface area contributed by atoms with Crippen LogP contribution in [0.15, 0.2) is 30.3 Å². The van der Waals surface area contributed by atoms with Crippen LogP contribution in [0.4, 0.5) is 4.79 Å². The molecule has 0 unspecified atom stereocenters. The van der Waals surface area contributed by atoms with Crippen molar-refractivity contribution in [2.75, 3.05) is 26.7 Å². The Morgan fingerprint density at radius 3 is 2.55 bits per heavy atom. The SMILES string of the molecule is COC(=O)N1CCC(CNC(=O)CCc2ccccc2)CC1. The van der Waals surface area contributed by atoms with Crippen molar-refractivity contribution >= 4 is 12.0 Å². The van der Waals surface area contributed by atoms with Crippen LogP contribution in [-0.2, 0) is 16.0 Å². The maximum absolute atomic E-state index is 11.9. The quantitative estimate of drug-likeness (QED) is 0.907. The van der Waals surface area contributed by atoms with Gasteiger partial charge in [0.1, 0.15) is 0 Å². The van der Waals surface area contributed by atoms with Crippen LogP contribution in [0.2, 0.25) is 0 Å². The number of carbonyl (C=O) groups is 2. The second kappa shape index (κ2) is 8.41. The number of hydrogen-bond acceptors (Lipinski definition) is 3. The number of piperidine rings is 1. The summed E-state index contributed by atoms with van der Waals surface area (Å²) in [5.74, 6) is 0.542. The van der Waals surface area contributed by atoms with Gasteiger partial charge in [0.25, 0.3) is 0 Å². The molecule has 0 saturated carbocycles. The maximum atomic E-state index is 11.9. The van der Waals surface area contributed by atoms with Gasteiger partial charge in [0.2, 0.25) is 5.91 Å². The lowest BCUT2D eigenvalue weighted by Crippen LogP contribution is -2.41. The van der Waals surface area contributed by atoms with Crippen molar-refractivity contribution in [1.82, 2.24) is 10.2 Å². The van der Waals surface area contributed by atoms with Gasteiger partial charge in [-0.25, -0.2) is 4.79 Å². The topological polar surface area (TPSA) is 58.6 Å². The zero-order valence-electron chi connectivity index (χ0n) is 13.1. The summed E-state index contributed by atoms with van der Waals surface area (Å²) in [4.78, 5) is 25.0. The zero-order chi connectivity index (χ0) is 15.8. The first kappa shape index (κ1) is 16.3. The number of nitrogens with one attached hydrogen (secondary N) is 1. The van der Waals surface area contributed by atoms with E-state index < -0.39 is 0 Å². The first-order valence-electron chi connectivity index (χ1n) is 7.82. The molecule has 1 heterocycles. The molecular formula is C17H24N2O3. The number of likely N-dealkylation sites (tertiary alicyclic amines) is 1. The summed E-state index contributed by atoms with van der Waals surface area (Å²) in [5, 5.41) is 3.01. The molecule has 5 heteroatoms. The highest BCUT2D eigenvalue weighted by atomic mass is 16.5. The molecule has 120 valence electrons. The molecule has 1 aliphatic rings. The summed E-state index contributed by atoms with van der Waals surface area (Å²) in [6.07, 6.45) is 2.85. The molecule has 0 radical (unpaired) electrons. The number of rotatable bonds is 5. The largest absolute Gasteiger partial charge is 0.453 e. The van der Waals surface area contributed by atoms with Crippen LogP contribution in [0, 0.1) is 5.92 Å². The number of aryl methyl sites for hydroxylation is 1. The third-order valence-electron chi connectivity index (χ3n) is 4.12. The summed E-state index contributed by atoms with van der Waals surface area (Å²) in [6, 6.07) is 10.0. The fraction of sp³-hybridized carbons (Fsp3) is 0.529. The minimum Gasteiger partial charge on any atom is -0.453 e. The Balaban J connectivity index is 1.62. The first-order valence-corrected chi connectivity index (χ1v) is 7.82. The minimum atomic E-state index is -0.259. The molecule has 1 aromatic rings. The van der Waals surface area contributed by atoms with Crippen molar-refractivity contribution in [3.05, 3.63) is 35.9 Å². The summed E-state index contributed by atoms with van der Waals surface area (Å²) in [6.45, 7) is 2.11. The number of hydrogen-bond donors (Lipinski definition) is 1. The molecule has 0 aliphatic carbocycles. The maximum Gasteiger partial charge on any atom is 0.409 e. The molecule has 2 rings (SSSR count). The second-order valence-electron chi connectivity index (χ2n) is 5.69. The predicted molar refractivity (Wildman–Crippen MR) is 84.5 cm³/mol. The molecule has 5 nitrogen and oxygen atoms in total. The highest BCUT2D eigenvalue weighted by molar-refractivity contribution is 5.76. The Bertz CT molecular complexity index is 482. The van der Waals surface area contributed by atoms with E-state index in [0.717, 1.165) is 19.3 Å². The van der Waals surface area contributed by atoms with E-state index in [9.17, 15) is 9.59 Å². The Morgan fingerprint density at radius 1 is 1.23 bits per heavy atom. The van der Waals surface area contributed by atoms with E-state index in [1.54, 1.807) is 4.90 Å². The Morgan fingerprint density at radius 2 is 1.91 bits per heavy atom. The Labute approximate surface area is 131 Å². The van der Waals surface area contributed by atoms with E-state index in [2.05, 4.69) is 5.32 Å². The number of amides is 2. The van der Waals surface area contributed by atoms with Gasteiger partial charge in [0, 0.05) is 26.1 Å². The van der Waals surface area contributed by atoms with Crippen molar-refractivity contribution in [3.8, 4) is 0 Å². The average molecular weight is 304 g/mol. The smallest absolute Gasteiger partial charge is 0.409 e. The van der Waals surface area contributed by atoms with Crippen molar-refractivity contribution in [2.45, 2.75) is 25.7 Å². The predicted octanol–water partition coefficient (Wildman–Crippen LogP) is 2.21. The lowest BCUT2D eigenvalue weighted by molar-refractivity contribution is -0.121. The lowest BCUT2D eigenvalue weighted by atomic mass is 9.97. The third-order valence-corrected chi connectivity index (χ3v) is 4.12. The molecule has 0 spiro atoms. The lowest BCUT2D eigenvalue weighted by Gasteiger charge is -2.30. The van der Waals surface area contributed by atoms with E-state index in [4.69, 9.17) is 4.74 Å². The third kappa shape index (κ3) is 5.06. The van der Waals surface area contributed by atoms with E-state index in [0.29, 0.717) is 32.0 Å². The van der Waals surface area contributed by atoms with Gasteiger partial charge in [0.05, 0.1) is 7.11 Å². The first-order chi connectivity index (χ1) is 10.7. The van der Waals surface area contributed by atoms with Crippen LogP contribution in [0.3, 0.4) is 0 Å². The molecule has 1 aliphatic heterocycles. The average Bonchev–Trinajstić information content (AvgIpc) is 2.58. The fourth-order valence-electron chi connectivity index (χ4n) is 2.70. The summed E-state index contributed by atoms with van der Waals surface area (Å²) in [5.41, 5.74) is 1.18. The van der Waals surface area contributed by atoms with Crippen LogP contribution >= 0.6 is 0 Å². The highest BCUT2D eigenvalue weighted by Crippen LogP contribution is 2.17. The van der Waals surface area contributed by atoms with E-state index in [1.807, 2.05) is 30.3 Å². The molecule has 22 heavy (non-hydrogen) atoms. The molecule has 1 saturated heterocycles. The molecule has 1 N–H and O–H groups in total. The number of ether oxygens (including phenoxy) is 1. The van der Waals surface area contributed by atoms with Gasteiger partial charge in [0.15, 0.2) is 0 Å². The van der Waals surface area contributed by atoms with Gasteiger partial charge in [-0.15, -0.1) is 0 Å². The standard InChI is InChI=1S/C17H24N2O3/c1-22-17(21)19-11-9-15(10-12-19)13-18-16(20)8-7-14-5-3-2-4-6-14/h2-6,15H,7-13H2,1H3,(H,18,20). The van der Waals surface area contributed by atoms with Crippen molar-refractivity contribution in [3.63, 3.8) is 0 Å². The van der Waals surface area contributed by atoms with Gasteiger partial charge in [-0.1, -0.05) is 30.3 Å². The number of nitrogens with zero attached hydrogens (tertiary/aromatic N) is 1. The van der Waals surface area contributed by atoms with Crippen molar-refractivity contribution in [1.29, 1.82) is 0 Å². The normalized spacial score (nSPS) is 15.4. The van der Waals surface area contributed by atoms with Crippen LogP contribution < -0.4 is 5.32 Å². The van der Waals surface area contributed by atoms with Crippen LogP contribution in [0.5, 0.6) is 0 Å². The molecule has 1 fully saturated rings. The van der Waals surface area contributed by atoms with Gasteiger partial charge in [-0.2, -0.15) is 0 Å². The van der Waals surface area contributed by atoms with Crippen molar-refractivity contribution in [2.24, 2.45) is 5.92 Å². The molecule has 0 aromatic heterocycles. The number of carbonyl (C=O) groups excluding carboxylic acids is 2. The Kier molecular flexibility index (Phi) is 6.25. The monoisotopic (exact) mass is 304 g/mol. The van der Waals surface area contributed by atoms with Crippen LogP contribution in [0.1, 0.15) is 24.8 Å². The highest BCUT2D eigenvalue weighted by Gasteiger charge is 2.23. The van der Waals surface area contributed by atoms with E-state index in [-0.39, 0.29) is 12.0 Å². The summed E-state index contributed by atoms with van der Waals surface area (Å²) in [7, 11) is 1.40. The summed E-state index contributed by atoms with van der Waals surface area (Å²) >= 11 is 0. The summed E-state index contributed by atoms with van der Waals surface area (Å²) < 4.78 is 4.71. The van der Waals surface area contributed by atoms with Gasteiger partial charge in [-0.3, -0.25) is 4.79 Å². The van der Waals surface area contributed by atoms with E-state index in [1.165, 1.54) is 12.7 Å². The van der Waals surface area contributed by atoms with Crippen LogP contribution in [0.25, 0.3) is 0 Å². The number of benzene rings is 1. The van der Waals surface area contributed by atoms with Crippen LogP contribution in [-0.4, -0.2) is 43.6 Å². The zero-order valence-corrected chi connectivity index (χ0v) is 13.1. The van der Waals surface area contributed by atoms with Gasteiger partial charge < -0.3 is 15.0 Å². The number of methoxy groups -OCH3 is 1. The van der Waals surface area contributed by atoms with Gasteiger partial charge in [-0.05, 0) is 30.7 Å². The minimum absolute atomic E-state index is 0.0965. The molecule has 0 bridgehead atoms. The molecular weight excluding hydrogens is 280 g/mol. The molecule has 0 atom stereocenters. The second-order valence-corrected chi connectivity index (χ2v) is 5.69. The Hall–Kier alpha value is -2.04. The van der Waals surface area contributed by atoms with Crippen molar-refractivity contribution < 1.29 is 14.3 Å². The van der Waals surface area contributed by atoms with E-state index >= 15 is 0 Å². The molecule has 1 aromatic carbocycles.